The van der Waals surface area contributed by atoms with Crippen LogP contribution < -0.4 is 5.73 Å². The highest BCUT2D eigenvalue weighted by Gasteiger charge is 2.21. The molecular weight excluding hydrogens is 280 g/mol. The number of hydrogen-bond acceptors (Lipinski definition) is 3. The normalized spacial score (nSPS) is 18.3. The fourth-order valence-corrected chi connectivity index (χ4v) is 2.49. The Bertz CT molecular complexity index is 513. The lowest BCUT2D eigenvalue weighted by Crippen LogP contribution is -2.39. The van der Waals surface area contributed by atoms with E-state index in [1.165, 1.54) is 4.90 Å². The molecule has 1 aromatic carbocycles. The summed E-state index contributed by atoms with van der Waals surface area (Å²) < 4.78 is 26.7. The largest absolute Gasteiger partial charge is 0.387 e. The molecule has 1 saturated heterocycles. The van der Waals surface area contributed by atoms with Gasteiger partial charge < -0.3 is 15.7 Å². The monoisotopic (exact) mass is 299 g/mol. The zero-order valence-corrected chi connectivity index (χ0v) is 11.6. The molecule has 3 N–H and O–H groups in total. The molecule has 1 aromatic rings. The van der Waals surface area contributed by atoms with Crippen LogP contribution in [-0.2, 0) is 0 Å². The number of nitrogens with zero attached hydrogens (tertiary/aromatic N) is 2. The van der Waals surface area contributed by atoms with Gasteiger partial charge in [-0.05, 0) is 24.6 Å². The minimum atomic E-state index is -1.11. The van der Waals surface area contributed by atoms with E-state index in [1.54, 1.807) is 0 Å². The van der Waals surface area contributed by atoms with Crippen molar-refractivity contribution in [3.05, 3.63) is 35.4 Å². The maximum atomic E-state index is 13.6. The minimum absolute atomic E-state index is 0.0500. The minimum Gasteiger partial charge on any atom is -0.387 e. The van der Waals surface area contributed by atoms with Crippen molar-refractivity contribution in [3.8, 4) is 0 Å². The maximum Gasteiger partial charge on any atom is 0.314 e. The third-order valence-electron chi connectivity index (χ3n) is 3.65. The van der Waals surface area contributed by atoms with E-state index in [0.29, 0.717) is 26.2 Å². The first-order chi connectivity index (χ1) is 9.97. The number of carbonyl (C=O) groups is 1. The number of amides is 2. The summed E-state index contributed by atoms with van der Waals surface area (Å²) >= 11 is 0. The van der Waals surface area contributed by atoms with Gasteiger partial charge in [-0.25, -0.2) is 13.6 Å². The summed E-state index contributed by atoms with van der Waals surface area (Å²) in [5.74, 6) is -1.21. The first-order valence-corrected chi connectivity index (χ1v) is 6.87. The van der Waals surface area contributed by atoms with Crippen molar-refractivity contribution in [1.29, 1.82) is 0 Å². The predicted octanol–water partition coefficient (Wildman–Crippen LogP) is 1.08. The Morgan fingerprint density at radius 1 is 1.29 bits per heavy atom. The number of β-amino-alcohol motifs (C(OH)–C–C–N with tert-alkyl or cyclic N) is 1. The molecule has 7 heteroatoms. The number of nitrogens with two attached hydrogens (primary N) is 1. The average Bonchev–Trinajstić information content (AvgIpc) is 2.67. The number of halogens is 2. The molecule has 116 valence electrons. The van der Waals surface area contributed by atoms with Crippen LogP contribution in [0.2, 0.25) is 0 Å². The number of benzene rings is 1. The molecule has 2 amide bonds. The molecule has 2 rings (SSSR count). The average molecular weight is 299 g/mol. The van der Waals surface area contributed by atoms with Gasteiger partial charge in [-0.3, -0.25) is 4.90 Å². The highest BCUT2D eigenvalue weighted by Crippen LogP contribution is 2.20. The van der Waals surface area contributed by atoms with E-state index in [4.69, 9.17) is 5.73 Å². The number of hydrogen-bond donors (Lipinski definition) is 2. The summed E-state index contributed by atoms with van der Waals surface area (Å²) in [6, 6.07) is 2.56. The smallest absolute Gasteiger partial charge is 0.314 e. The summed E-state index contributed by atoms with van der Waals surface area (Å²) in [5, 5.41) is 10.1. The van der Waals surface area contributed by atoms with Crippen LogP contribution in [0.15, 0.2) is 18.2 Å². The van der Waals surface area contributed by atoms with Gasteiger partial charge in [0, 0.05) is 38.3 Å². The number of aliphatic hydroxyl groups is 1. The summed E-state index contributed by atoms with van der Waals surface area (Å²) in [6.45, 7) is 2.42. The first-order valence-electron chi connectivity index (χ1n) is 6.87. The van der Waals surface area contributed by atoms with Crippen LogP contribution in [-0.4, -0.2) is 53.7 Å². The van der Waals surface area contributed by atoms with E-state index >= 15 is 0 Å². The third-order valence-corrected chi connectivity index (χ3v) is 3.65. The lowest BCUT2D eigenvalue weighted by Gasteiger charge is -2.24. The molecule has 0 saturated carbocycles. The van der Waals surface area contributed by atoms with Gasteiger partial charge in [-0.2, -0.15) is 0 Å². The molecule has 1 fully saturated rings. The van der Waals surface area contributed by atoms with Crippen LogP contribution in [0, 0.1) is 11.6 Å². The third kappa shape index (κ3) is 4.12. The fraction of sp³-hybridized carbons (Fsp3) is 0.500. The van der Waals surface area contributed by atoms with Crippen LogP contribution in [0.25, 0.3) is 0 Å². The van der Waals surface area contributed by atoms with E-state index in [9.17, 15) is 18.7 Å². The number of urea groups is 1. The van der Waals surface area contributed by atoms with Gasteiger partial charge in [0.15, 0.2) is 0 Å². The molecule has 1 unspecified atom stereocenters. The van der Waals surface area contributed by atoms with Gasteiger partial charge >= 0.3 is 6.03 Å². The van der Waals surface area contributed by atoms with E-state index in [1.807, 2.05) is 4.90 Å². The van der Waals surface area contributed by atoms with E-state index in [-0.39, 0.29) is 12.1 Å². The molecule has 1 aliphatic rings. The highest BCUT2D eigenvalue weighted by atomic mass is 19.1. The Hall–Kier alpha value is -1.73. The molecule has 0 bridgehead atoms. The van der Waals surface area contributed by atoms with Crippen LogP contribution in [0.4, 0.5) is 13.6 Å². The van der Waals surface area contributed by atoms with Gasteiger partial charge in [0.2, 0.25) is 0 Å². The molecule has 0 aromatic heterocycles. The highest BCUT2D eigenvalue weighted by molar-refractivity contribution is 5.71. The second kappa shape index (κ2) is 6.82. The summed E-state index contributed by atoms with van der Waals surface area (Å²) in [5.41, 5.74) is 5.19. The van der Waals surface area contributed by atoms with Crippen LogP contribution >= 0.6 is 0 Å². The SMILES string of the molecule is NC(=O)N1CCCN(CC(O)c2cc(F)ccc2F)CC1. The number of primary amides is 1. The summed E-state index contributed by atoms with van der Waals surface area (Å²) in [6.07, 6.45) is -0.387. The Balaban J connectivity index is 1.97. The van der Waals surface area contributed by atoms with Crippen molar-refractivity contribution >= 4 is 6.03 Å². The number of aliphatic hydroxyl groups excluding tert-OH is 1. The molecule has 1 atom stereocenters. The van der Waals surface area contributed by atoms with E-state index < -0.39 is 23.8 Å². The number of carbonyl (C=O) groups excluding carboxylic acids is 1. The van der Waals surface area contributed by atoms with Crippen LogP contribution in [0.3, 0.4) is 0 Å². The van der Waals surface area contributed by atoms with Gasteiger partial charge in [0.05, 0.1) is 6.10 Å². The Morgan fingerprint density at radius 3 is 2.76 bits per heavy atom. The standard InChI is InChI=1S/C14H19F2N3O2/c15-10-2-3-12(16)11(8-10)13(20)9-18-4-1-5-19(7-6-18)14(17)21/h2-3,8,13,20H,1,4-7,9H2,(H2,17,21). The van der Waals surface area contributed by atoms with Crippen molar-refractivity contribution in [2.45, 2.75) is 12.5 Å². The second-order valence-electron chi connectivity index (χ2n) is 5.16. The van der Waals surface area contributed by atoms with Gasteiger partial charge in [0.25, 0.3) is 0 Å². The molecular formula is C14H19F2N3O2. The predicted molar refractivity (Wildman–Crippen MR) is 73.5 cm³/mol. The fourth-order valence-electron chi connectivity index (χ4n) is 2.49. The molecule has 1 heterocycles. The van der Waals surface area contributed by atoms with Gasteiger partial charge in [-0.15, -0.1) is 0 Å². The summed E-state index contributed by atoms with van der Waals surface area (Å²) in [7, 11) is 0. The molecule has 0 aliphatic carbocycles. The topological polar surface area (TPSA) is 69.8 Å². The Labute approximate surface area is 121 Å². The van der Waals surface area contributed by atoms with Crippen LogP contribution in [0.1, 0.15) is 18.1 Å². The molecule has 0 radical (unpaired) electrons. The van der Waals surface area contributed by atoms with E-state index in [0.717, 1.165) is 24.6 Å². The zero-order valence-electron chi connectivity index (χ0n) is 11.6. The van der Waals surface area contributed by atoms with Crippen LogP contribution in [0.5, 0.6) is 0 Å². The van der Waals surface area contributed by atoms with Gasteiger partial charge in [-0.1, -0.05) is 0 Å². The lowest BCUT2D eigenvalue weighted by atomic mass is 10.1. The van der Waals surface area contributed by atoms with Crippen molar-refractivity contribution in [3.63, 3.8) is 0 Å². The molecule has 0 spiro atoms. The summed E-state index contributed by atoms with van der Waals surface area (Å²) in [4.78, 5) is 14.6. The number of rotatable bonds is 3. The molecule has 5 nitrogen and oxygen atoms in total. The zero-order chi connectivity index (χ0) is 15.4. The van der Waals surface area contributed by atoms with Crippen molar-refractivity contribution < 1.29 is 18.7 Å². The Kier molecular flexibility index (Phi) is 5.08. The first kappa shape index (κ1) is 15.7. The Morgan fingerprint density at radius 2 is 2.05 bits per heavy atom. The quantitative estimate of drug-likeness (QED) is 0.877. The lowest BCUT2D eigenvalue weighted by molar-refractivity contribution is 0.112. The van der Waals surface area contributed by atoms with Crippen molar-refractivity contribution in [1.82, 2.24) is 9.80 Å². The second-order valence-corrected chi connectivity index (χ2v) is 5.16. The molecule has 21 heavy (non-hydrogen) atoms. The van der Waals surface area contributed by atoms with Crippen molar-refractivity contribution in [2.24, 2.45) is 5.73 Å². The maximum absolute atomic E-state index is 13.6. The molecule has 1 aliphatic heterocycles. The van der Waals surface area contributed by atoms with E-state index in [2.05, 4.69) is 0 Å². The van der Waals surface area contributed by atoms with Gasteiger partial charge in [0.1, 0.15) is 11.6 Å². The van der Waals surface area contributed by atoms with Crippen molar-refractivity contribution in [2.75, 3.05) is 32.7 Å².